The monoisotopic (exact) mass is 1910 g/mol. The third-order valence-corrected chi connectivity index (χ3v) is 23.8. The normalized spacial score (nSPS) is 49.0. The molecule has 0 aromatic carbocycles. The van der Waals surface area contributed by atoms with Gasteiger partial charge in [0.2, 0.25) is 0 Å². The summed E-state index contributed by atoms with van der Waals surface area (Å²) in [5.74, 6) is -19.2. The largest absolute Gasteiger partial charge is 0.479 e. The Hall–Kier alpha value is -4.24. The number of ether oxygens (including phenoxy) is 19. The highest BCUT2D eigenvalue weighted by atomic mass is 16.8. The van der Waals surface area contributed by atoms with Gasteiger partial charge in [-0.25, -0.2) is 19.2 Å². The Bertz CT molecular complexity index is 3600. The van der Waals surface area contributed by atoms with Gasteiger partial charge >= 0.3 is 23.9 Å². The predicted molar refractivity (Wildman–Crippen MR) is 386 cm³/mol. The molecule has 0 amide bonds. The Morgan fingerprint density at radius 2 is 0.738 bits per heavy atom. The van der Waals surface area contributed by atoms with Crippen LogP contribution in [-0.4, -0.2) is 591 Å². The maximum Gasteiger partial charge on any atom is 0.364 e. The van der Waals surface area contributed by atoms with Crippen molar-refractivity contribution >= 4 is 23.9 Å². The standard InChI is InChI=1S/C69H114N2O59/c70-25-31(91)30(90)24(12-113-68(65(107)108)1-13(79)27(87)45(129-68)16(82)5-73)116-57(25)120-49-23(10-78)115-58(26(71)32(49)92)123-52-36(96)39(99)61(126-55(52)56(103)104)122-51-40(100)44(20(86)11-112-59-37(97)34(94)35(95)43(117-59)15(81)4-72)118-62(41(51)101)124-53-42(102)63(119-47(18(84)7-75)54(53)125-60-38(98)33(93)29(89)22(9-77)114-60)121-50-21(3-67(111,64(105)106)128-48(50)19(85)8-76)127-69(66(109)110)2-14(80)28(88)46(130-69)17(83)6-74/h13-55,57-63,72-102,111H,1-12,70-71H2,(H,103,104)(H,105,106)(H,107,108)(H,109,110)/t13-,14-,15+,16-,17-,18+,19-,20+,21-,22-,23-,24-,25-,26-,27-,28-,29-,30-,31-,32-,33+,34+,35+,36-,37+,38-,39-,40-,41+,42+,43-,44-,45-,46-,47-,48-,49-,50-,51+,52-,53-,54-,55+,57-,58-,59+,60+,61+,62-,63-,67-,68-,69-/m1/s1. The molecule has 0 saturated carbocycles. The molecule has 0 spiro atoms. The second-order valence-electron chi connectivity index (χ2n) is 32.6. The molecule has 0 aliphatic carbocycles. The molecule has 10 saturated heterocycles. The van der Waals surface area contributed by atoms with Gasteiger partial charge in [0.15, 0.2) is 50.1 Å². The molecule has 40 N–H and O–H groups in total. The summed E-state index contributed by atoms with van der Waals surface area (Å²) in [6.07, 6.45) is -121. The highest BCUT2D eigenvalue weighted by molar-refractivity contribution is 5.77. The van der Waals surface area contributed by atoms with Crippen molar-refractivity contribution in [2.75, 3.05) is 59.5 Å². The van der Waals surface area contributed by atoms with Crippen LogP contribution in [-0.2, 0) is 109 Å². The fourth-order valence-corrected chi connectivity index (χ4v) is 16.4. The topological polar surface area (TPSA) is 1020 Å². The minimum absolute atomic E-state index is 1.06. The Morgan fingerprint density at radius 1 is 0.331 bits per heavy atom. The van der Waals surface area contributed by atoms with Crippen molar-refractivity contribution in [3.63, 3.8) is 0 Å². The summed E-state index contributed by atoms with van der Waals surface area (Å²) in [6.45, 7) is -11.8. The minimum atomic E-state index is -3.73. The van der Waals surface area contributed by atoms with Crippen LogP contribution in [0.15, 0.2) is 0 Å². The Labute approximate surface area is 729 Å². The van der Waals surface area contributed by atoms with Crippen molar-refractivity contribution in [2.45, 2.75) is 343 Å². The lowest BCUT2D eigenvalue weighted by molar-refractivity contribution is -0.416. The van der Waals surface area contributed by atoms with Crippen LogP contribution in [0.1, 0.15) is 19.3 Å². The first kappa shape index (κ1) is 108. The molecule has 754 valence electrons. The van der Waals surface area contributed by atoms with Gasteiger partial charge in [-0.15, -0.1) is 0 Å². The Kier molecular flexibility index (Phi) is 37.1. The van der Waals surface area contributed by atoms with Gasteiger partial charge in [0, 0.05) is 19.3 Å². The Balaban J connectivity index is 0.974. The maximum absolute atomic E-state index is 13.4. The fraction of sp³-hybridized carbons (Fsp3) is 0.942. The van der Waals surface area contributed by atoms with E-state index in [0.29, 0.717) is 0 Å². The molecule has 10 aliphatic heterocycles. The first-order valence-electron chi connectivity index (χ1n) is 40.2. The van der Waals surface area contributed by atoms with Crippen molar-refractivity contribution in [1.29, 1.82) is 0 Å². The molecule has 10 aliphatic rings. The summed E-state index contributed by atoms with van der Waals surface area (Å²) in [4.78, 5) is 52.4. The summed E-state index contributed by atoms with van der Waals surface area (Å²) in [5.41, 5.74) is 12.5. The summed E-state index contributed by atoms with van der Waals surface area (Å²) in [7, 11) is 0. The van der Waals surface area contributed by atoms with Gasteiger partial charge in [-0.05, 0) is 0 Å². The van der Waals surface area contributed by atoms with E-state index in [1.165, 1.54) is 0 Å². The highest BCUT2D eigenvalue weighted by Crippen LogP contribution is 2.45. The zero-order valence-corrected chi connectivity index (χ0v) is 67.5. The molecule has 10 rings (SSSR count). The third kappa shape index (κ3) is 22.2. The van der Waals surface area contributed by atoms with E-state index in [1.54, 1.807) is 0 Å². The lowest BCUT2D eigenvalue weighted by Gasteiger charge is -2.53. The van der Waals surface area contributed by atoms with Crippen molar-refractivity contribution in [2.24, 2.45) is 11.5 Å². The third-order valence-electron chi connectivity index (χ3n) is 23.8. The molecule has 130 heavy (non-hydrogen) atoms. The molecule has 61 nitrogen and oxygen atoms in total. The molecular formula is C69H114N2O59. The van der Waals surface area contributed by atoms with E-state index >= 15 is 0 Å². The molecule has 0 aromatic rings. The van der Waals surface area contributed by atoms with E-state index in [4.69, 9.17) is 101 Å². The smallest absolute Gasteiger partial charge is 0.364 e. The number of aliphatic carboxylic acids is 4. The van der Waals surface area contributed by atoms with Gasteiger partial charge < -0.3 is 285 Å². The quantitative estimate of drug-likeness (QED) is 0.0275. The van der Waals surface area contributed by atoms with E-state index in [-0.39, 0.29) is 0 Å². The van der Waals surface area contributed by atoms with Crippen molar-refractivity contribution in [3.05, 3.63) is 0 Å². The number of hydrogen-bond acceptors (Lipinski definition) is 57. The number of hydrogen-bond donors (Lipinski definition) is 38. The second kappa shape index (κ2) is 44.7. The van der Waals surface area contributed by atoms with Crippen molar-refractivity contribution in [3.8, 4) is 0 Å². The lowest BCUT2D eigenvalue weighted by atomic mass is 9.89. The summed E-state index contributed by atoms with van der Waals surface area (Å²) >= 11 is 0. The molecular weight excluding hydrogens is 1800 g/mol. The molecule has 10 fully saturated rings. The van der Waals surface area contributed by atoms with Crippen LogP contribution < -0.4 is 11.5 Å². The number of nitrogens with two attached hydrogens (primary N) is 2. The number of carboxylic acid groups (broad SMARTS) is 4. The van der Waals surface area contributed by atoms with Crippen LogP contribution in [0.5, 0.6) is 0 Å². The molecule has 53 atom stereocenters. The molecule has 0 radical (unpaired) electrons. The van der Waals surface area contributed by atoms with Gasteiger partial charge in [0.25, 0.3) is 17.4 Å². The van der Waals surface area contributed by atoms with Crippen LogP contribution >= 0.6 is 0 Å². The average Bonchev–Trinajstić information content (AvgIpc) is 0.743. The number of aliphatic hydroxyl groups is 32. The molecule has 10 heterocycles. The molecule has 0 unspecified atom stereocenters. The van der Waals surface area contributed by atoms with E-state index in [0.717, 1.165) is 0 Å². The SMILES string of the molecule is N[C@H]1[C@@H](O[C@H]2[C@H](O)[C@@H](N)[C@@H](O[C@@H]3[C@H](O)[C@@H](O)[C@@H](O[C@@H]4[C@H](O)[C@@H](O[C@@H]5[C@H](O)[C@@H](O[C@H]6[C@@H]([C@H](O)CO)O[C@@](O)(C(=O)O)C[C@H]6O[C@]6(C(=O)O)C[C@@H](O)[C@@H](O)[C@@H]([C@H](O)CO)O6)O[C@H]([C@@H](O)CO)[C@H]5O[C@@H]5O[C@H](CO)[C@@H](O)[C@H](O)[C@H]5O)O[C@H]([C@@H](O)CO[C@H]5O[C@H]([C@@H](O)CO)[C@@H](O)[C@H](O)[C@@H]5O)[C@H]4O)O[C@@H]3C(=O)O)O[C@@H]2CO)O[C@H](CO[C@]2(C(=O)O)C[C@@H](O)[C@@H](O)[C@@H]([C@H](O)CO)O2)[C@@H](O)[C@@H]1O. The number of carbonyl (C=O) groups is 4. The fourth-order valence-electron chi connectivity index (χ4n) is 16.4. The minimum Gasteiger partial charge on any atom is -0.479 e. The first-order valence-corrected chi connectivity index (χ1v) is 40.2. The van der Waals surface area contributed by atoms with Crippen LogP contribution in [0.4, 0.5) is 0 Å². The maximum atomic E-state index is 13.4. The zero-order valence-electron chi connectivity index (χ0n) is 67.5. The van der Waals surface area contributed by atoms with E-state index in [1.807, 2.05) is 0 Å². The van der Waals surface area contributed by atoms with Crippen LogP contribution in [0.25, 0.3) is 0 Å². The number of rotatable bonds is 37. The predicted octanol–water partition coefficient (Wildman–Crippen LogP) is -25.2. The zero-order chi connectivity index (χ0) is 96.6. The Morgan fingerprint density at radius 3 is 1.28 bits per heavy atom. The van der Waals surface area contributed by atoms with Gasteiger partial charge in [-0.1, -0.05) is 0 Å². The number of carboxylic acids is 4. The number of aliphatic hydroxyl groups excluding tert-OH is 31. The van der Waals surface area contributed by atoms with E-state index < -0.39 is 426 Å². The van der Waals surface area contributed by atoms with Gasteiger partial charge in [0.1, 0.15) is 226 Å². The second-order valence-corrected chi connectivity index (χ2v) is 32.6. The van der Waals surface area contributed by atoms with E-state index in [2.05, 4.69) is 0 Å². The van der Waals surface area contributed by atoms with Crippen LogP contribution in [0, 0.1) is 0 Å². The van der Waals surface area contributed by atoms with Gasteiger partial charge in [-0.3, -0.25) is 0 Å². The summed E-state index contributed by atoms with van der Waals surface area (Å²) in [6, 6.07) is -3.95. The van der Waals surface area contributed by atoms with Gasteiger partial charge in [0.05, 0.1) is 89.9 Å². The molecule has 0 aromatic heterocycles. The first-order chi connectivity index (χ1) is 61.0. The van der Waals surface area contributed by atoms with E-state index in [9.17, 15) is 203 Å². The molecule has 61 heteroatoms. The van der Waals surface area contributed by atoms with Crippen molar-refractivity contribution < 1.29 is 293 Å². The summed E-state index contributed by atoms with van der Waals surface area (Å²) < 4.78 is 109. The summed E-state index contributed by atoms with van der Waals surface area (Å²) in [5, 5.41) is 396. The van der Waals surface area contributed by atoms with Crippen molar-refractivity contribution in [1.82, 2.24) is 0 Å². The van der Waals surface area contributed by atoms with Crippen LogP contribution in [0.2, 0.25) is 0 Å². The lowest BCUT2D eigenvalue weighted by Crippen LogP contribution is -2.71. The molecule has 0 bridgehead atoms. The van der Waals surface area contributed by atoms with Gasteiger partial charge in [-0.2, -0.15) is 0 Å². The van der Waals surface area contributed by atoms with Crippen LogP contribution in [0.3, 0.4) is 0 Å². The highest BCUT2D eigenvalue weighted by Gasteiger charge is 2.66. The average molecular weight is 1920 g/mol.